The SMILES string of the molecule is CN=C(NCCCN1CCCN(C)CC1)NCCSc1ccccc1. The molecule has 1 aliphatic rings. The van der Waals surface area contributed by atoms with E-state index in [2.05, 4.69) is 62.8 Å². The van der Waals surface area contributed by atoms with Crippen molar-refractivity contribution in [3.63, 3.8) is 0 Å². The number of nitrogens with one attached hydrogen (secondary N) is 2. The molecule has 140 valence electrons. The topological polar surface area (TPSA) is 42.9 Å². The lowest BCUT2D eigenvalue weighted by Crippen LogP contribution is -2.40. The van der Waals surface area contributed by atoms with Gasteiger partial charge in [0.2, 0.25) is 0 Å². The van der Waals surface area contributed by atoms with E-state index < -0.39 is 0 Å². The molecule has 1 saturated heterocycles. The van der Waals surface area contributed by atoms with E-state index in [9.17, 15) is 0 Å². The van der Waals surface area contributed by atoms with Crippen LogP contribution < -0.4 is 10.6 Å². The summed E-state index contributed by atoms with van der Waals surface area (Å²) in [6, 6.07) is 10.5. The summed E-state index contributed by atoms with van der Waals surface area (Å²) in [7, 11) is 4.06. The van der Waals surface area contributed by atoms with Gasteiger partial charge in [-0.2, -0.15) is 0 Å². The highest BCUT2D eigenvalue weighted by molar-refractivity contribution is 7.99. The molecule has 1 fully saturated rings. The van der Waals surface area contributed by atoms with Crippen LogP contribution in [-0.4, -0.2) is 81.4 Å². The lowest BCUT2D eigenvalue weighted by molar-refractivity contribution is 0.274. The Morgan fingerprint density at radius 2 is 1.88 bits per heavy atom. The standard InChI is InChI=1S/C19H33N5S/c1-20-19(22-11-17-25-18-8-4-3-5-9-18)21-10-6-13-24-14-7-12-23(2)15-16-24/h3-5,8-9H,6-7,10-17H2,1-2H3,(H2,20,21,22). The van der Waals surface area contributed by atoms with E-state index in [1.807, 2.05) is 18.8 Å². The lowest BCUT2D eigenvalue weighted by Gasteiger charge is -2.20. The molecule has 2 rings (SSSR count). The highest BCUT2D eigenvalue weighted by Crippen LogP contribution is 2.15. The molecule has 0 spiro atoms. The molecule has 0 saturated carbocycles. The zero-order valence-electron chi connectivity index (χ0n) is 15.7. The molecule has 1 aliphatic heterocycles. The van der Waals surface area contributed by atoms with Crippen LogP contribution in [0, 0.1) is 0 Å². The van der Waals surface area contributed by atoms with Crippen LogP contribution in [0.5, 0.6) is 0 Å². The minimum absolute atomic E-state index is 0.907. The van der Waals surface area contributed by atoms with E-state index in [-0.39, 0.29) is 0 Å². The highest BCUT2D eigenvalue weighted by atomic mass is 32.2. The summed E-state index contributed by atoms with van der Waals surface area (Å²) < 4.78 is 0. The van der Waals surface area contributed by atoms with Gasteiger partial charge < -0.3 is 20.4 Å². The third-order valence-corrected chi connectivity index (χ3v) is 5.40. The molecular weight excluding hydrogens is 330 g/mol. The summed E-state index contributed by atoms with van der Waals surface area (Å²) >= 11 is 1.87. The number of likely N-dealkylation sites (N-methyl/N-ethyl adjacent to an activating group) is 1. The summed E-state index contributed by atoms with van der Waals surface area (Å²) in [5.41, 5.74) is 0. The van der Waals surface area contributed by atoms with Gasteiger partial charge in [-0.1, -0.05) is 18.2 Å². The quantitative estimate of drug-likeness (QED) is 0.320. The largest absolute Gasteiger partial charge is 0.356 e. The van der Waals surface area contributed by atoms with Crippen molar-refractivity contribution >= 4 is 17.7 Å². The molecule has 1 aromatic rings. The Morgan fingerprint density at radius 3 is 2.68 bits per heavy atom. The van der Waals surface area contributed by atoms with Gasteiger partial charge in [-0.3, -0.25) is 4.99 Å². The van der Waals surface area contributed by atoms with Crippen molar-refractivity contribution in [2.75, 3.05) is 65.7 Å². The van der Waals surface area contributed by atoms with Crippen molar-refractivity contribution in [3.8, 4) is 0 Å². The molecule has 0 bridgehead atoms. The average Bonchev–Trinajstić information content (AvgIpc) is 2.85. The van der Waals surface area contributed by atoms with Crippen molar-refractivity contribution in [2.45, 2.75) is 17.7 Å². The second-order valence-electron chi connectivity index (χ2n) is 6.44. The van der Waals surface area contributed by atoms with E-state index in [0.717, 1.165) is 31.2 Å². The van der Waals surface area contributed by atoms with Crippen molar-refractivity contribution in [1.82, 2.24) is 20.4 Å². The number of rotatable bonds is 8. The fraction of sp³-hybridized carbons (Fsp3) is 0.632. The highest BCUT2D eigenvalue weighted by Gasteiger charge is 2.11. The summed E-state index contributed by atoms with van der Waals surface area (Å²) in [6.45, 7) is 7.90. The van der Waals surface area contributed by atoms with E-state index in [0.29, 0.717) is 0 Å². The predicted octanol–water partition coefficient (Wildman–Crippen LogP) is 1.97. The zero-order chi connectivity index (χ0) is 17.7. The average molecular weight is 364 g/mol. The minimum atomic E-state index is 0.907. The smallest absolute Gasteiger partial charge is 0.191 e. The summed E-state index contributed by atoms with van der Waals surface area (Å²) in [5, 5.41) is 6.82. The Morgan fingerprint density at radius 1 is 1.08 bits per heavy atom. The van der Waals surface area contributed by atoms with Gasteiger partial charge in [0.25, 0.3) is 0 Å². The van der Waals surface area contributed by atoms with E-state index >= 15 is 0 Å². The van der Waals surface area contributed by atoms with Crippen LogP contribution in [0.15, 0.2) is 40.2 Å². The Labute approximate surface area is 157 Å². The predicted molar refractivity (Wildman–Crippen MR) is 110 cm³/mol. The van der Waals surface area contributed by atoms with Crippen LogP contribution in [0.1, 0.15) is 12.8 Å². The van der Waals surface area contributed by atoms with E-state index in [1.54, 1.807) is 0 Å². The molecule has 25 heavy (non-hydrogen) atoms. The molecule has 0 aliphatic carbocycles. The molecule has 1 aromatic carbocycles. The maximum absolute atomic E-state index is 4.31. The molecular formula is C19H33N5S. The third-order valence-electron chi connectivity index (χ3n) is 4.39. The summed E-state index contributed by atoms with van der Waals surface area (Å²) in [4.78, 5) is 10.6. The van der Waals surface area contributed by atoms with E-state index in [4.69, 9.17) is 0 Å². The fourth-order valence-corrected chi connectivity index (χ4v) is 3.70. The fourth-order valence-electron chi connectivity index (χ4n) is 2.91. The maximum Gasteiger partial charge on any atom is 0.191 e. The lowest BCUT2D eigenvalue weighted by atomic mass is 10.3. The third kappa shape index (κ3) is 8.61. The zero-order valence-corrected chi connectivity index (χ0v) is 16.5. The number of benzene rings is 1. The van der Waals surface area contributed by atoms with Crippen molar-refractivity contribution in [1.29, 1.82) is 0 Å². The first-order chi connectivity index (χ1) is 12.3. The van der Waals surface area contributed by atoms with Gasteiger partial charge in [-0.25, -0.2) is 0 Å². The van der Waals surface area contributed by atoms with Crippen LogP contribution >= 0.6 is 11.8 Å². The van der Waals surface area contributed by atoms with Gasteiger partial charge in [0.1, 0.15) is 0 Å². The van der Waals surface area contributed by atoms with Crippen molar-refractivity contribution < 1.29 is 0 Å². The van der Waals surface area contributed by atoms with Gasteiger partial charge in [0.15, 0.2) is 5.96 Å². The Kier molecular flexibility index (Phi) is 9.77. The molecule has 0 radical (unpaired) electrons. The molecule has 0 atom stereocenters. The van der Waals surface area contributed by atoms with Crippen LogP contribution in [0.2, 0.25) is 0 Å². The molecule has 1 heterocycles. The second-order valence-corrected chi connectivity index (χ2v) is 7.61. The van der Waals surface area contributed by atoms with Crippen LogP contribution in [-0.2, 0) is 0 Å². The molecule has 0 unspecified atom stereocenters. The van der Waals surface area contributed by atoms with Crippen LogP contribution in [0.25, 0.3) is 0 Å². The second kappa shape index (κ2) is 12.2. The number of hydrogen-bond donors (Lipinski definition) is 2. The Hall–Kier alpha value is -1.24. The summed E-state index contributed by atoms with van der Waals surface area (Å²) in [5.74, 6) is 1.94. The van der Waals surface area contributed by atoms with Crippen LogP contribution in [0.4, 0.5) is 0 Å². The van der Waals surface area contributed by atoms with Gasteiger partial charge in [-0.05, 0) is 51.7 Å². The Bertz CT molecular complexity index is 494. The van der Waals surface area contributed by atoms with Crippen molar-refractivity contribution in [3.05, 3.63) is 30.3 Å². The maximum atomic E-state index is 4.31. The van der Waals surface area contributed by atoms with E-state index in [1.165, 1.54) is 44.0 Å². The molecule has 2 N–H and O–H groups in total. The van der Waals surface area contributed by atoms with Gasteiger partial charge >= 0.3 is 0 Å². The number of guanidine groups is 1. The van der Waals surface area contributed by atoms with Crippen molar-refractivity contribution in [2.24, 2.45) is 4.99 Å². The first kappa shape index (κ1) is 20.1. The van der Waals surface area contributed by atoms with Gasteiger partial charge in [0, 0.05) is 43.9 Å². The minimum Gasteiger partial charge on any atom is -0.356 e. The van der Waals surface area contributed by atoms with Crippen LogP contribution in [0.3, 0.4) is 0 Å². The number of aliphatic imine (C=N–C) groups is 1. The first-order valence-electron chi connectivity index (χ1n) is 9.31. The molecule has 5 nitrogen and oxygen atoms in total. The molecule has 6 heteroatoms. The number of nitrogens with zero attached hydrogens (tertiary/aromatic N) is 3. The molecule has 0 amide bonds. The first-order valence-corrected chi connectivity index (χ1v) is 10.3. The monoisotopic (exact) mass is 363 g/mol. The number of thioether (sulfide) groups is 1. The molecule has 0 aromatic heterocycles. The number of hydrogen-bond acceptors (Lipinski definition) is 4. The normalized spacial score (nSPS) is 17.3. The van der Waals surface area contributed by atoms with Gasteiger partial charge in [-0.15, -0.1) is 11.8 Å². The van der Waals surface area contributed by atoms with Gasteiger partial charge in [0.05, 0.1) is 0 Å². The Balaban J connectivity index is 1.53. The summed E-state index contributed by atoms with van der Waals surface area (Å²) in [6.07, 6.45) is 2.44.